The fourth-order valence-electron chi connectivity index (χ4n) is 2.36. The van der Waals surface area contributed by atoms with Crippen molar-refractivity contribution >= 4 is 94.2 Å². The molecule has 0 atom stereocenters. The lowest BCUT2D eigenvalue weighted by Crippen LogP contribution is -2.30. The largest absolute Gasteiger partial charge is 0.257 e. The number of nitrogens with zero attached hydrogens (tertiary/aromatic N) is 4. The molecule has 0 spiro atoms. The van der Waals surface area contributed by atoms with Gasteiger partial charge in [0.2, 0.25) is 0 Å². The molecule has 0 heterocycles. The first-order valence-corrected chi connectivity index (χ1v) is 11.6. The van der Waals surface area contributed by atoms with Crippen LogP contribution in [0.4, 0.5) is 0 Å². The smallest absolute Gasteiger partial charge is 0.244 e. The molecule has 3 aromatic rings. The molecular weight excluding hydrogens is 561 g/mol. The van der Waals surface area contributed by atoms with Crippen LogP contribution in [0.3, 0.4) is 0 Å². The van der Waals surface area contributed by atoms with Crippen LogP contribution in [0.15, 0.2) is 75.0 Å². The average molecular weight is 575 g/mol. The standard InChI is InChI=1S/C22H14Cl6N6/c23-16-4-1-13(19(26)7-16)10-29-32-22(33-30-11-14-2-5-17(24)8-20(14)27)34-31-12-15-3-6-18(25)9-21(15)28/h1-12H,(H2,32,33,34)/b29-10-,30-11+,31-12+. The minimum Gasteiger partial charge on any atom is -0.244 e. The summed E-state index contributed by atoms with van der Waals surface area (Å²) in [5, 5.41) is 19.2. The molecule has 174 valence electrons. The SMILES string of the molecule is Clc1ccc(/C=N\NC(=N/N=C/c2ccc(Cl)cc2Cl)N/N=C/c2ccc(Cl)cc2Cl)c(Cl)c1. The molecule has 0 radical (unpaired) electrons. The van der Waals surface area contributed by atoms with Gasteiger partial charge in [-0.2, -0.15) is 15.3 Å². The average Bonchev–Trinajstić information content (AvgIpc) is 2.77. The second-order valence-electron chi connectivity index (χ2n) is 6.43. The number of guanidine groups is 1. The van der Waals surface area contributed by atoms with E-state index in [1.807, 2.05) is 0 Å². The second kappa shape index (κ2) is 13.0. The molecule has 6 nitrogen and oxygen atoms in total. The normalized spacial score (nSPS) is 12.2. The Balaban J connectivity index is 1.77. The van der Waals surface area contributed by atoms with Crippen LogP contribution in [-0.2, 0) is 0 Å². The summed E-state index contributed by atoms with van der Waals surface area (Å²) in [6.07, 6.45) is 4.45. The fraction of sp³-hybridized carbons (Fsp3) is 0. The summed E-state index contributed by atoms with van der Waals surface area (Å²) in [6, 6.07) is 15.1. The van der Waals surface area contributed by atoms with Gasteiger partial charge in [0.1, 0.15) is 0 Å². The van der Waals surface area contributed by atoms with Gasteiger partial charge in [-0.3, -0.25) is 0 Å². The number of hydrogen-bond acceptors (Lipinski definition) is 4. The molecule has 34 heavy (non-hydrogen) atoms. The first-order chi connectivity index (χ1) is 16.3. The summed E-state index contributed by atoms with van der Waals surface area (Å²) < 4.78 is 0. The van der Waals surface area contributed by atoms with E-state index in [1.165, 1.54) is 18.6 Å². The zero-order valence-corrected chi connectivity index (χ0v) is 21.5. The first-order valence-electron chi connectivity index (χ1n) is 9.36. The molecule has 0 aliphatic carbocycles. The highest BCUT2D eigenvalue weighted by Gasteiger charge is 2.02. The zero-order chi connectivity index (χ0) is 24.5. The molecule has 3 rings (SSSR count). The summed E-state index contributed by atoms with van der Waals surface area (Å²) >= 11 is 36.2. The molecule has 0 saturated heterocycles. The van der Waals surface area contributed by atoms with Gasteiger partial charge in [0.15, 0.2) is 0 Å². The van der Waals surface area contributed by atoms with Crippen LogP contribution in [0.2, 0.25) is 30.1 Å². The Morgan fingerprint density at radius 2 is 0.941 bits per heavy atom. The van der Waals surface area contributed by atoms with Crippen LogP contribution >= 0.6 is 69.6 Å². The van der Waals surface area contributed by atoms with Gasteiger partial charge in [-0.15, -0.1) is 5.10 Å². The molecule has 0 amide bonds. The topological polar surface area (TPSA) is 73.5 Å². The van der Waals surface area contributed by atoms with Gasteiger partial charge in [-0.1, -0.05) is 87.8 Å². The van der Waals surface area contributed by atoms with Crippen LogP contribution in [0.5, 0.6) is 0 Å². The highest BCUT2D eigenvalue weighted by molar-refractivity contribution is 6.37. The van der Waals surface area contributed by atoms with Crippen LogP contribution in [0.1, 0.15) is 16.7 Å². The van der Waals surface area contributed by atoms with E-state index in [0.29, 0.717) is 46.8 Å². The van der Waals surface area contributed by atoms with Crippen molar-refractivity contribution in [1.82, 2.24) is 10.9 Å². The summed E-state index contributed by atoms with van der Waals surface area (Å²) in [4.78, 5) is 0. The van der Waals surface area contributed by atoms with Crippen molar-refractivity contribution in [2.75, 3.05) is 0 Å². The third-order valence-electron chi connectivity index (χ3n) is 3.99. The molecule has 0 bridgehead atoms. The molecule has 0 aromatic heterocycles. The summed E-state index contributed by atoms with van der Waals surface area (Å²) in [7, 11) is 0. The van der Waals surface area contributed by atoms with Gasteiger partial charge in [-0.25, -0.2) is 10.9 Å². The quantitative estimate of drug-likeness (QED) is 0.181. The van der Waals surface area contributed by atoms with Crippen molar-refractivity contribution in [1.29, 1.82) is 0 Å². The minimum atomic E-state index is 0.101. The Labute approximate surface area is 225 Å². The minimum absolute atomic E-state index is 0.101. The number of hydrazone groups is 2. The maximum absolute atomic E-state index is 6.16. The molecular formula is C22H14Cl6N6. The van der Waals surface area contributed by atoms with E-state index in [1.54, 1.807) is 54.6 Å². The summed E-state index contributed by atoms with van der Waals surface area (Å²) in [5.41, 5.74) is 7.34. The Morgan fingerprint density at radius 3 is 1.32 bits per heavy atom. The Hall–Kier alpha value is -2.32. The number of nitrogens with one attached hydrogen (secondary N) is 2. The maximum Gasteiger partial charge on any atom is 0.257 e. The van der Waals surface area contributed by atoms with Gasteiger partial charge in [-0.05, 0) is 36.4 Å². The van der Waals surface area contributed by atoms with Crippen LogP contribution in [0.25, 0.3) is 0 Å². The van der Waals surface area contributed by atoms with E-state index in [-0.39, 0.29) is 5.96 Å². The maximum atomic E-state index is 6.16. The molecule has 0 aliphatic heterocycles. The fourth-order valence-corrected chi connectivity index (χ4v) is 3.73. The molecule has 12 heteroatoms. The monoisotopic (exact) mass is 572 g/mol. The Morgan fingerprint density at radius 1 is 0.559 bits per heavy atom. The van der Waals surface area contributed by atoms with Crippen molar-refractivity contribution in [3.8, 4) is 0 Å². The lowest BCUT2D eigenvalue weighted by molar-refractivity contribution is 0.890. The second-order valence-corrected chi connectivity index (χ2v) is 8.96. The number of halogens is 6. The van der Waals surface area contributed by atoms with E-state index in [0.717, 1.165) is 0 Å². The van der Waals surface area contributed by atoms with E-state index in [9.17, 15) is 0 Å². The van der Waals surface area contributed by atoms with Gasteiger partial charge in [0, 0.05) is 31.8 Å². The van der Waals surface area contributed by atoms with Crippen LogP contribution in [-0.4, -0.2) is 24.6 Å². The zero-order valence-electron chi connectivity index (χ0n) is 17.0. The van der Waals surface area contributed by atoms with Crippen molar-refractivity contribution in [2.24, 2.45) is 20.4 Å². The van der Waals surface area contributed by atoms with Gasteiger partial charge in [0.25, 0.3) is 5.96 Å². The third kappa shape index (κ3) is 8.17. The van der Waals surface area contributed by atoms with E-state index >= 15 is 0 Å². The van der Waals surface area contributed by atoms with Gasteiger partial charge >= 0.3 is 0 Å². The predicted octanol–water partition coefficient (Wildman–Crippen LogP) is 7.54. The summed E-state index contributed by atoms with van der Waals surface area (Å²) in [6.45, 7) is 0. The van der Waals surface area contributed by atoms with Crippen LogP contribution < -0.4 is 10.9 Å². The lowest BCUT2D eigenvalue weighted by Gasteiger charge is -2.04. The van der Waals surface area contributed by atoms with Gasteiger partial charge < -0.3 is 0 Å². The summed E-state index contributed by atoms with van der Waals surface area (Å²) in [5.74, 6) is 0.101. The lowest BCUT2D eigenvalue weighted by atomic mass is 10.2. The number of rotatable bonds is 6. The Bertz CT molecular complexity index is 1220. The Kier molecular flexibility index (Phi) is 10.0. The van der Waals surface area contributed by atoms with E-state index < -0.39 is 0 Å². The molecule has 0 saturated carbocycles. The third-order valence-corrected chi connectivity index (χ3v) is 5.68. The highest BCUT2D eigenvalue weighted by Crippen LogP contribution is 2.21. The highest BCUT2D eigenvalue weighted by atomic mass is 35.5. The first kappa shape index (κ1) is 26.3. The van der Waals surface area contributed by atoms with E-state index in [2.05, 4.69) is 31.3 Å². The molecule has 0 unspecified atom stereocenters. The molecule has 0 fully saturated rings. The van der Waals surface area contributed by atoms with Crippen molar-refractivity contribution in [3.05, 3.63) is 101 Å². The number of benzene rings is 3. The van der Waals surface area contributed by atoms with Crippen molar-refractivity contribution in [3.63, 3.8) is 0 Å². The van der Waals surface area contributed by atoms with Crippen molar-refractivity contribution in [2.45, 2.75) is 0 Å². The predicted molar refractivity (Wildman–Crippen MR) is 146 cm³/mol. The molecule has 3 aromatic carbocycles. The number of hydrogen-bond donors (Lipinski definition) is 2. The van der Waals surface area contributed by atoms with E-state index in [4.69, 9.17) is 69.6 Å². The molecule has 2 N–H and O–H groups in total. The van der Waals surface area contributed by atoms with Crippen LogP contribution in [0, 0.1) is 0 Å². The van der Waals surface area contributed by atoms with Crippen molar-refractivity contribution < 1.29 is 0 Å². The molecule has 0 aliphatic rings. The van der Waals surface area contributed by atoms with Gasteiger partial charge in [0.05, 0.1) is 33.7 Å².